The zero-order valence-corrected chi connectivity index (χ0v) is 18.9. The highest BCUT2D eigenvalue weighted by molar-refractivity contribution is 6.00. The Balaban J connectivity index is 1.40. The van der Waals surface area contributed by atoms with Crippen molar-refractivity contribution in [3.8, 4) is 11.1 Å². The molecular formula is C25H25FN6O2. The van der Waals surface area contributed by atoms with E-state index in [-0.39, 0.29) is 36.0 Å². The fourth-order valence-corrected chi connectivity index (χ4v) is 4.67. The molecule has 0 radical (unpaired) electrons. The van der Waals surface area contributed by atoms with Crippen LogP contribution in [-0.4, -0.2) is 37.4 Å². The average molecular weight is 461 g/mol. The number of hydrogen-bond acceptors (Lipinski definition) is 6. The molecule has 0 spiro atoms. The molecule has 1 aliphatic carbocycles. The quantitative estimate of drug-likeness (QED) is 0.379. The van der Waals surface area contributed by atoms with E-state index >= 15 is 4.39 Å². The summed E-state index contributed by atoms with van der Waals surface area (Å²) in [6.07, 6.45) is 8.37. The first-order chi connectivity index (χ1) is 16.4. The molecule has 4 aromatic rings. The van der Waals surface area contributed by atoms with Crippen LogP contribution in [0.5, 0.6) is 0 Å². The normalized spacial score (nSPS) is 19.4. The number of halogens is 1. The monoisotopic (exact) mass is 460 g/mol. The lowest BCUT2D eigenvalue weighted by molar-refractivity contribution is -0.117. The van der Waals surface area contributed by atoms with E-state index in [1.54, 1.807) is 35.4 Å². The molecule has 1 fully saturated rings. The van der Waals surface area contributed by atoms with Gasteiger partial charge in [-0.1, -0.05) is 6.92 Å². The van der Waals surface area contributed by atoms with Gasteiger partial charge in [0.25, 0.3) is 0 Å². The second-order valence-electron chi connectivity index (χ2n) is 8.79. The summed E-state index contributed by atoms with van der Waals surface area (Å²) >= 11 is 0. The summed E-state index contributed by atoms with van der Waals surface area (Å²) < 4.78 is 16.7. The molecule has 1 aromatic carbocycles. The predicted molar refractivity (Wildman–Crippen MR) is 127 cm³/mol. The minimum atomic E-state index is -0.515. The molecule has 0 bridgehead atoms. The number of aliphatic hydroxyl groups excluding tert-OH is 1. The van der Waals surface area contributed by atoms with Crippen LogP contribution < -0.4 is 11.1 Å². The Hall–Kier alpha value is -3.85. The number of nitrogens with two attached hydrogens (primary N) is 1. The van der Waals surface area contributed by atoms with Gasteiger partial charge in [-0.3, -0.25) is 14.5 Å². The molecule has 1 aliphatic rings. The first-order valence-electron chi connectivity index (χ1n) is 11.1. The highest BCUT2D eigenvalue weighted by Crippen LogP contribution is 2.54. The molecule has 5 rings (SSSR count). The van der Waals surface area contributed by atoms with E-state index in [2.05, 4.69) is 20.4 Å². The Labute approximate surface area is 195 Å². The minimum absolute atomic E-state index is 0.00929. The molecule has 0 saturated heterocycles. The Morgan fingerprint density at radius 1 is 1.26 bits per heavy atom. The van der Waals surface area contributed by atoms with Gasteiger partial charge in [-0.15, -0.1) is 0 Å². The van der Waals surface area contributed by atoms with Gasteiger partial charge in [-0.2, -0.15) is 5.10 Å². The van der Waals surface area contributed by atoms with Crippen LogP contribution in [0.4, 0.5) is 15.9 Å². The molecule has 34 heavy (non-hydrogen) atoms. The Bertz CT molecular complexity index is 1400. The van der Waals surface area contributed by atoms with Gasteiger partial charge in [0.1, 0.15) is 5.82 Å². The highest BCUT2D eigenvalue weighted by atomic mass is 19.1. The number of carbonyl (C=O) groups excluding carboxylic acids is 1. The highest BCUT2D eigenvalue weighted by Gasteiger charge is 2.53. The zero-order chi connectivity index (χ0) is 24.0. The van der Waals surface area contributed by atoms with Crippen molar-refractivity contribution in [3.63, 3.8) is 0 Å². The molecule has 174 valence electrons. The summed E-state index contributed by atoms with van der Waals surface area (Å²) in [5, 5.41) is 17.4. The summed E-state index contributed by atoms with van der Waals surface area (Å²) in [5.41, 5.74) is 8.98. The molecular weight excluding hydrogens is 435 g/mol. The van der Waals surface area contributed by atoms with Crippen molar-refractivity contribution < 1.29 is 14.3 Å². The SMILES string of the molecule is Cc1ccncc1-c1cc2cc(NC(=O)C3C(C)C3c3cnn(CCO)c3)ncc2c(N)c1F. The predicted octanol–water partition coefficient (Wildman–Crippen LogP) is 3.50. The minimum Gasteiger partial charge on any atom is -0.396 e. The molecule has 1 saturated carbocycles. The molecule has 8 nitrogen and oxygen atoms in total. The molecule has 3 unspecified atom stereocenters. The number of nitrogens with zero attached hydrogens (tertiary/aromatic N) is 4. The van der Waals surface area contributed by atoms with Crippen molar-refractivity contribution >= 4 is 28.2 Å². The first kappa shape index (κ1) is 22.0. The summed E-state index contributed by atoms with van der Waals surface area (Å²) in [6.45, 7) is 4.34. The van der Waals surface area contributed by atoms with Gasteiger partial charge in [0, 0.05) is 53.1 Å². The van der Waals surface area contributed by atoms with Crippen LogP contribution in [0.3, 0.4) is 0 Å². The van der Waals surface area contributed by atoms with Gasteiger partial charge in [-0.05, 0) is 47.6 Å². The number of nitrogen functional groups attached to an aromatic ring is 1. The third kappa shape index (κ3) is 3.77. The number of nitrogens with one attached hydrogen (secondary N) is 1. The number of benzene rings is 1. The van der Waals surface area contributed by atoms with E-state index in [1.807, 2.05) is 26.1 Å². The van der Waals surface area contributed by atoms with E-state index in [9.17, 15) is 4.79 Å². The maximum Gasteiger partial charge on any atom is 0.229 e. The molecule has 4 N–H and O–H groups in total. The first-order valence-corrected chi connectivity index (χ1v) is 11.1. The second-order valence-corrected chi connectivity index (χ2v) is 8.79. The van der Waals surface area contributed by atoms with Crippen molar-refractivity contribution in [2.75, 3.05) is 17.7 Å². The van der Waals surface area contributed by atoms with Crippen molar-refractivity contribution in [1.29, 1.82) is 0 Å². The Kier molecular flexibility index (Phi) is 5.49. The van der Waals surface area contributed by atoms with E-state index in [0.717, 1.165) is 11.1 Å². The fourth-order valence-electron chi connectivity index (χ4n) is 4.67. The van der Waals surface area contributed by atoms with Crippen LogP contribution in [-0.2, 0) is 11.3 Å². The lowest BCUT2D eigenvalue weighted by Crippen LogP contribution is -2.16. The number of pyridine rings is 2. The van der Waals surface area contributed by atoms with Gasteiger partial charge in [0.2, 0.25) is 5.91 Å². The molecule has 1 amide bonds. The molecule has 9 heteroatoms. The van der Waals surface area contributed by atoms with Gasteiger partial charge >= 0.3 is 0 Å². The van der Waals surface area contributed by atoms with Crippen LogP contribution in [0, 0.1) is 24.6 Å². The molecule has 3 atom stereocenters. The third-order valence-corrected chi connectivity index (χ3v) is 6.63. The standard InChI is InChI=1S/C25H25FN6O2/c1-13-3-4-28-10-18(13)17-7-15-8-20(29-11-19(15)24(27)23(17)26)31-25(34)22-14(2)21(22)16-9-30-32(12-16)5-6-33/h3-4,7-12,14,21-22,33H,5-6,27H2,1-2H3,(H,29,31,34). The molecule has 3 heterocycles. The van der Waals surface area contributed by atoms with Crippen LogP contribution in [0.2, 0.25) is 0 Å². The van der Waals surface area contributed by atoms with E-state index < -0.39 is 5.82 Å². The summed E-state index contributed by atoms with van der Waals surface area (Å²) in [4.78, 5) is 21.4. The van der Waals surface area contributed by atoms with E-state index in [0.29, 0.717) is 34.3 Å². The van der Waals surface area contributed by atoms with E-state index in [1.165, 1.54) is 6.20 Å². The van der Waals surface area contributed by atoms with Crippen molar-refractivity contribution in [1.82, 2.24) is 19.7 Å². The zero-order valence-electron chi connectivity index (χ0n) is 18.9. The second kappa shape index (κ2) is 8.49. The Morgan fingerprint density at radius 2 is 2.09 bits per heavy atom. The number of rotatable bonds is 6. The lowest BCUT2D eigenvalue weighted by atomic mass is 9.98. The fraction of sp³-hybridized carbons (Fsp3) is 0.280. The number of amides is 1. The van der Waals surface area contributed by atoms with Crippen LogP contribution >= 0.6 is 0 Å². The van der Waals surface area contributed by atoms with Crippen LogP contribution in [0.25, 0.3) is 21.9 Å². The van der Waals surface area contributed by atoms with Crippen molar-refractivity contribution in [3.05, 3.63) is 66.1 Å². The van der Waals surface area contributed by atoms with Crippen LogP contribution in [0.15, 0.2) is 49.2 Å². The number of anilines is 2. The number of aliphatic hydroxyl groups is 1. The summed E-state index contributed by atoms with van der Waals surface area (Å²) in [7, 11) is 0. The molecule has 3 aromatic heterocycles. The summed E-state index contributed by atoms with van der Waals surface area (Å²) in [5.74, 6) is -0.228. The molecule has 0 aliphatic heterocycles. The third-order valence-electron chi connectivity index (χ3n) is 6.63. The van der Waals surface area contributed by atoms with Gasteiger partial charge in [0.15, 0.2) is 5.82 Å². The lowest BCUT2D eigenvalue weighted by Gasteiger charge is -2.12. The van der Waals surface area contributed by atoms with Gasteiger partial charge in [0.05, 0.1) is 25.0 Å². The number of aryl methyl sites for hydroxylation is 1. The topological polar surface area (TPSA) is 119 Å². The Morgan fingerprint density at radius 3 is 2.85 bits per heavy atom. The number of fused-ring (bicyclic) bond motifs is 1. The maximum absolute atomic E-state index is 15.0. The van der Waals surface area contributed by atoms with Crippen LogP contribution in [0.1, 0.15) is 24.0 Å². The van der Waals surface area contributed by atoms with Crippen molar-refractivity contribution in [2.45, 2.75) is 26.3 Å². The number of aromatic nitrogens is 4. The van der Waals surface area contributed by atoms with Crippen molar-refractivity contribution in [2.24, 2.45) is 11.8 Å². The number of hydrogen-bond donors (Lipinski definition) is 3. The largest absolute Gasteiger partial charge is 0.396 e. The number of carbonyl (C=O) groups is 1. The van der Waals surface area contributed by atoms with E-state index in [4.69, 9.17) is 10.8 Å². The smallest absolute Gasteiger partial charge is 0.229 e. The van der Waals surface area contributed by atoms with Gasteiger partial charge < -0.3 is 16.2 Å². The average Bonchev–Trinajstić information content (AvgIpc) is 3.27. The maximum atomic E-state index is 15.0. The summed E-state index contributed by atoms with van der Waals surface area (Å²) in [6, 6.07) is 5.23. The van der Waals surface area contributed by atoms with Gasteiger partial charge in [-0.25, -0.2) is 9.37 Å².